The Morgan fingerprint density at radius 1 is 1.00 bits per heavy atom. The van der Waals surface area contributed by atoms with Gasteiger partial charge in [-0.15, -0.1) is 0 Å². The SMILES string of the molecule is O=C(N/N=C/Cc1cc(Br)c(O)c(Br)c1)c1cccc(Oc2ccccc2)c1. The van der Waals surface area contributed by atoms with E-state index in [-0.39, 0.29) is 11.7 Å². The van der Waals surface area contributed by atoms with Crippen molar-refractivity contribution in [2.24, 2.45) is 5.10 Å². The number of phenolic OH excluding ortho intramolecular Hbond substituents is 1. The first-order valence-corrected chi connectivity index (χ1v) is 9.93. The summed E-state index contributed by atoms with van der Waals surface area (Å²) in [6.45, 7) is 0. The first kappa shape index (κ1) is 20.1. The Hall–Kier alpha value is -2.64. The molecule has 0 radical (unpaired) electrons. The maximum atomic E-state index is 12.3. The highest BCUT2D eigenvalue weighted by molar-refractivity contribution is 9.11. The molecule has 1 amide bonds. The van der Waals surface area contributed by atoms with Crippen LogP contribution in [0.2, 0.25) is 0 Å². The van der Waals surface area contributed by atoms with Crippen LogP contribution in [-0.2, 0) is 6.42 Å². The number of aromatic hydroxyl groups is 1. The molecule has 3 aromatic carbocycles. The van der Waals surface area contributed by atoms with Crippen LogP contribution in [0.25, 0.3) is 0 Å². The lowest BCUT2D eigenvalue weighted by atomic mass is 10.1. The molecule has 0 heterocycles. The predicted molar refractivity (Wildman–Crippen MR) is 116 cm³/mol. The largest absolute Gasteiger partial charge is 0.506 e. The Morgan fingerprint density at radius 2 is 1.68 bits per heavy atom. The van der Waals surface area contributed by atoms with Gasteiger partial charge < -0.3 is 9.84 Å². The third-order valence-corrected chi connectivity index (χ3v) is 4.95. The molecule has 0 bridgehead atoms. The van der Waals surface area contributed by atoms with Crippen LogP contribution in [0.3, 0.4) is 0 Å². The highest BCUT2D eigenvalue weighted by Gasteiger charge is 2.07. The van der Waals surface area contributed by atoms with E-state index in [1.54, 1.807) is 42.6 Å². The van der Waals surface area contributed by atoms with Crippen LogP contribution in [0.5, 0.6) is 17.2 Å². The molecule has 0 aliphatic rings. The minimum Gasteiger partial charge on any atom is -0.506 e. The average molecular weight is 504 g/mol. The fraction of sp³-hybridized carbons (Fsp3) is 0.0476. The molecule has 0 fully saturated rings. The topological polar surface area (TPSA) is 70.9 Å². The molecule has 0 aliphatic heterocycles. The van der Waals surface area contributed by atoms with E-state index in [1.807, 2.05) is 30.3 Å². The molecule has 0 unspecified atom stereocenters. The number of phenols is 1. The van der Waals surface area contributed by atoms with Crippen molar-refractivity contribution in [2.75, 3.05) is 0 Å². The molecule has 5 nitrogen and oxygen atoms in total. The molecule has 3 aromatic rings. The summed E-state index contributed by atoms with van der Waals surface area (Å²) in [4.78, 5) is 12.3. The molecule has 2 N–H and O–H groups in total. The van der Waals surface area contributed by atoms with E-state index >= 15 is 0 Å². The molecule has 0 saturated carbocycles. The summed E-state index contributed by atoms with van der Waals surface area (Å²) in [6.07, 6.45) is 2.09. The number of para-hydroxylation sites is 1. The number of halogens is 2. The molecular formula is C21H16Br2N2O3. The number of hydrazone groups is 1. The molecule has 28 heavy (non-hydrogen) atoms. The standard InChI is InChI=1S/C21H16Br2N2O3/c22-18-11-14(12-19(23)20(18)26)9-10-24-25-21(27)15-5-4-8-17(13-15)28-16-6-2-1-3-7-16/h1-8,10-13,26H,9H2,(H,25,27)/b24-10+. The van der Waals surface area contributed by atoms with Gasteiger partial charge in [-0.1, -0.05) is 24.3 Å². The number of hydrogen-bond donors (Lipinski definition) is 2. The Balaban J connectivity index is 1.59. The van der Waals surface area contributed by atoms with Crippen LogP contribution in [0.15, 0.2) is 80.8 Å². The number of carbonyl (C=O) groups excluding carboxylic acids is 1. The molecule has 3 rings (SSSR count). The summed E-state index contributed by atoms with van der Waals surface area (Å²) in [5.41, 5.74) is 3.87. The third-order valence-electron chi connectivity index (χ3n) is 3.74. The average Bonchev–Trinajstić information content (AvgIpc) is 2.70. The summed E-state index contributed by atoms with van der Waals surface area (Å²) < 4.78 is 6.91. The predicted octanol–water partition coefficient (Wildman–Crippen LogP) is 5.67. The van der Waals surface area contributed by atoms with Gasteiger partial charge in [0.25, 0.3) is 5.91 Å². The number of rotatable bonds is 6. The van der Waals surface area contributed by atoms with Crippen molar-refractivity contribution >= 4 is 44.0 Å². The third kappa shape index (κ3) is 5.43. The van der Waals surface area contributed by atoms with E-state index in [1.165, 1.54) is 0 Å². The second kappa shape index (κ2) is 9.52. The first-order chi connectivity index (χ1) is 13.5. The van der Waals surface area contributed by atoms with E-state index in [9.17, 15) is 9.90 Å². The zero-order valence-electron chi connectivity index (χ0n) is 14.6. The van der Waals surface area contributed by atoms with Crippen LogP contribution >= 0.6 is 31.9 Å². The molecule has 0 aliphatic carbocycles. The zero-order valence-corrected chi connectivity index (χ0v) is 17.8. The van der Waals surface area contributed by atoms with E-state index in [4.69, 9.17) is 4.74 Å². The molecular weight excluding hydrogens is 488 g/mol. The van der Waals surface area contributed by atoms with Gasteiger partial charge >= 0.3 is 0 Å². The summed E-state index contributed by atoms with van der Waals surface area (Å²) in [7, 11) is 0. The van der Waals surface area contributed by atoms with Crippen molar-refractivity contribution in [3.8, 4) is 17.2 Å². The van der Waals surface area contributed by atoms with Crippen molar-refractivity contribution < 1.29 is 14.6 Å². The summed E-state index contributed by atoms with van der Waals surface area (Å²) in [6, 6.07) is 19.8. The van der Waals surface area contributed by atoms with Crippen LogP contribution in [-0.4, -0.2) is 17.2 Å². The number of carbonyl (C=O) groups is 1. The maximum Gasteiger partial charge on any atom is 0.271 e. The number of ether oxygens (including phenoxy) is 1. The van der Waals surface area contributed by atoms with Crippen molar-refractivity contribution in [2.45, 2.75) is 6.42 Å². The first-order valence-electron chi connectivity index (χ1n) is 8.34. The Bertz CT molecular complexity index is 985. The van der Waals surface area contributed by atoms with Crippen molar-refractivity contribution in [3.63, 3.8) is 0 Å². The van der Waals surface area contributed by atoms with Crippen LogP contribution < -0.4 is 10.2 Å². The van der Waals surface area contributed by atoms with Gasteiger partial charge in [0.05, 0.1) is 8.95 Å². The lowest BCUT2D eigenvalue weighted by Crippen LogP contribution is -2.17. The lowest BCUT2D eigenvalue weighted by Gasteiger charge is -2.07. The molecule has 142 valence electrons. The second-order valence-corrected chi connectivity index (χ2v) is 7.52. The van der Waals surface area contributed by atoms with E-state index in [2.05, 4.69) is 42.4 Å². The van der Waals surface area contributed by atoms with Gasteiger partial charge in [0.2, 0.25) is 0 Å². The molecule has 7 heteroatoms. The number of hydrogen-bond acceptors (Lipinski definition) is 4. The van der Waals surface area contributed by atoms with Gasteiger partial charge in [-0.05, 0) is 79.9 Å². The Kier molecular flexibility index (Phi) is 6.84. The van der Waals surface area contributed by atoms with Crippen LogP contribution in [0, 0.1) is 0 Å². The normalized spacial score (nSPS) is 10.8. The number of amides is 1. The lowest BCUT2D eigenvalue weighted by molar-refractivity contribution is 0.0954. The molecule has 0 spiro atoms. The fourth-order valence-corrected chi connectivity index (χ4v) is 3.66. The van der Waals surface area contributed by atoms with Gasteiger partial charge in [-0.25, -0.2) is 5.43 Å². The Labute approximate surface area is 179 Å². The van der Waals surface area contributed by atoms with Gasteiger partial charge in [0.1, 0.15) is 17.2 Å². The van der Waals surface area contributed by atoms with Crippen molar-refractivity contribution in [3.05, 3.63) is 86.8 Å². The second-order valence-electron chi connectivity index (χ2n) is 5.81. The van der Waals surface area contributed by atoms with E-state index in [0.29, 0.717) is 32.4 Å². The number of nitrogens with one attached hydrogen (secondary N) is 1. The smallest absolute Gasteiger partial charge is 0.271 e. The van der Waals surface area contributed by atoms with Crippen LogP contribution in [0.4, 0.5) is 0 Å². The van der Waals surface area contributed by atoms with E-state index < -0.39 is 0 Å². The maximum absolute atomic E-state index is 12.3. The van der Waals surface area contributed by atoms with Crippen molar-refractivity contribution in [1.82, 2.24) is 5.43 Å². The molecule has 0 atom stereocenters. The quantitative estimate of drug-likeness (QED) is 0.336. The van der Waals surface area contributed by atoms with Crippen LogP contribution in [0.1, 0.15) is 15.9 Å². The molecule has 0 saturated heterocycles. The minimum atomic E-state index is -0.331. The monoisotopic (exact) mass is 502 g/mol. The molecule has 0 aromatic heterocycles. The highest BCUT2D eigenvalue weighted by atomic mass is 79.9. The highest BCUT2D eigenvalue weighted by Crippen LogP contribution is 2.33. The van der Waals surface area contributed by atoms with Gasteiger partial charge in [0.15, 0.2) is 0 Å². The van der Waals surface area contributed by atoms with Crippen molar-refractivity contribution in [1.29, 1.82) is 0 Å². The van der Waals surface area contributed by atoms with Gasteiger partial charge in [-0.2, -0.15) is 5.10 Å². The Morgan fingerprint density at radius 3 is 2.39 bits per heavy atom. The minimum absolute atomic E-state index is 0.145. The number of nitrogens with zero attached hydrogens (tertiary/aromatic N) is 1. The van der Waals surface area contributed by atoms with E-state index in [0.717, 1.165) is 5.56 Å². The zero-order chi connectivity index (χ0) is 19.9. The summed E-state index contributed by atoms with van der Waals surface area (Å²) in [5, 5.41) is 13.7. The summed E-state index contributed by atoms with van der Waals surface area (Å²) >= 11 is 6.57. The fourth-order valence-electron chi connectivity index (χ4n) is 2.38. The number of benzene rings is 3. The summed E-state index contributed by atoms with van der Waals surface area (Å²) in [5.74, 6) is 1.08. The van der Waals surface area contributed by atoms with Gasteiger partial charge in [0, 0.05) is 18.2 Å². The van der Waals surface area contributed by atoms with Gasteiger partial charge in [-0.3, -0.25) is 4.79 Å².